The molecule has 30 heavy (non-hydrogen) atoms. The average Bonchev–Trinajstić information content (AvgIpc) is 2.98. The minimum absolute atomic E-state index is 0.196. The molecular formula is C25H29ClO4. The van der Waals surface area contributed by atoms with Crippen molar-refractivity contribution in [3.8, 4) is 5.75 Å². The zero-order chi connectivity index (χ0) is 21.5. The Hall–Kier alpha value is -2.30. The Balaban J connectivity index is 2.10. The summed E-state index contributed by atoms with van der Waals surface area (Å²) in [5, 5.41) is 11.0. The standard InChI is InChI=1S/C25H29ClO4/c1-3-17-11-8-12-21-19(13-17)14-20(15-26)24(22(21)23(27)25(28)29-4-2)30-16-18-9-6-5-7-10-18/h5-10,12,14,17,23,27H,3-4,11,13,15-16H2,1-2H3. The van der Waals surface area contributed by atoms with Crippen LogP contribution in [0.4, 0.5) is 0 Å². The molecule has 2 aromatic rings. The second-order valence-electron chi connectivity index (χ2n) is 7.53. The van der Waals surface area contributed by atoms with Gasteiger partial charge in [0.2, 0.25) is 0 Å². The third kappa shape index (κ3) is 5.05. The first-order valence-electron chi connectivity index (χ1n) is 10.5. The van der Waals surface area contributed by atoms with Gasteiger partial charge in [0.25, 0.3) is 0 Å². The number of ether oxygens (including phenoxy) is 2. The molecule has 0 saturated heterocycles. The number of hydrogen-bond donors (Lipinski definition) is 1. The van der Waals surface area contributed by atoms with Crippen molar-refractivity contribution in [2.24, 2.45) is 5.92 Å². The van der Waals surface area contributed by atoms with Gasteiger partial charge in [0.1, 0.15) is 12.4 Å². The number of aliphatic hydroxyl groups is 1. The fraction of sp³-hybridized carbons (Fsp3) is 0.400. The number of carbonyl (C=O) groups excluding carboxylic acids is 1. The van der Waals surface area contributed by atoms with E-state index < -0.39 is 12.1 Å². The molecule has 2 aromatic carbocycles. The number of carbonyl (C=O) groups is 1. The van der Waals surface area contributed by atoms with Gasteiger partial charge in [0.05, 0.1) is 12.5 Å². The van der Waals surface area contributed by atoms with Gasteiger partial charge in [-0.15, -0.1) is 11.6 Å². The average molecular weight is 429 g/mol. The van der Waals surface area contributed by atoms with Crippen molar-refractivity contribution >= 4 is 23.6 Å². The van der Waals surface area contributed by atoms with Crippen LogP contribution in [0.5, 0.6) is 5.75 Å². The van der Waals surface area contributed by atoms with E-state index in [1.807, 2.05) is 36.4 Å². The number of fused-ring (bicyclic) bond motifs is 1. The molecule has 3 rings (SSSR count). The molecule has 1 aliphatic rings. The lowest BCUT2D eigenvalue weighted by Crippen LogP contribution is -2.19. The summed E-state index contributed by atoms with van der Waals surface area (Å²) in [4.78, 5) is 12.5. The van der Waals surface area contributed by atoms with E-state index in [4.69, 9.17) is 21.1 Å². The lowest BCUT2D eigenvalue weighted by Gasteiger charge is -2.23. The smallest absolute Gasteiger partial charge is 0.339 e. The molecule has 160 valence electrons. The summed E-state index contributed by atoms with van der Waals surface area (Å²) < 4.78 is 11.3. The topological polar surface area (TPSA) is 55.8 Å². The summed E-state index contributed by atoms with van der Waals surface area (Å²) in [6.45, 7) is 4.41. The summed E-state index contributed by atoms with van der Waals surface area (Å²) >= 11 is 6.29. The number of alkyl halides is 1. The number of benzene rings is 2. The van der Waals surface area contributed by atoms with Crippen LogP contribution in [0.15, 0.2) is 42.5 Å². The largest absolute Gasteiger partial charge is 0.488 e. The number of hydrogen-bond acceptors (Lipinski definition) is 4. The highest BCUT2D eigenvalue weighted by atomic mass is 35.5. The SMILES string of the molecule is CCOC(=O)C(O)c1c2c(cc(CCl)c1OCc1ccccc1)CC(CC)CC=C2. The van der Waals surface area contributed by atoms with E-state index in [0.29, 0.717) is 23.8 Å². The third-order valence-electron chi connectivity index (χ3n) is 5.51. The van der Waals surface area contributed by atoms with Crippen molar-refractivity contribution in [2.75, 3.05) is 6.61 Å². The number of esters is 1. The molecule has 0 fully saturated rings. The second-order valence-corrected chi connectivity index (χ2v) is 7.80. The van der Waals surface area contributed by atoms with E-state index in [1.54, 1.807) is 6.92 Å². The quantitative estimate of drug-likeness (QED) is 0.440. The summed E-state index contributed by atoms with van der Waals surface area (Å²) in [5.41, 5.74) is 4.13. The predicted octanol–water partition coefficient (Wildman–Crippen LogP) is 5.59. The van der Waals surface area contributed by atoms with E-state index in [9.17, 15) is 9.90 Å². The van der Waals surface area contributed by atoms with E-state index >= 15 is 0 Å². The van der Waals surface area contributed by atoms with E-state index in [-0.39, 0.29) is 12.5 Å². The van der Waals surface area contributed by atoms with E-state index in [0.717, 1.165) is 41.5 Å². The van der Waals surface area contributed by atoms with Gasteiger partial charge in [-0.1, -0.05) is 61.9 Å². The summed E-state index contributed by atoms with van der Waals surface area (Å²) in [6.07, 6.45) is 5.55. The van der Waals surface area contributed by atoms with Crippen molar-refractivity contribution in [2.45, 2.75) is 51.7 Å². The molecule has 0 amide bonds. The molecule has 0 aromatic heterocycles. The summed E-state index contributed by atoms with van der Waals surface area (Å²) in [5.74, 6) is 0.517. The highest BCUT2D eigenvalue weighted by molar-refractivity contribution is 6.17. The Kier molecular flexibility index (Phi) is 7.94. The molecule has 1 N–H and O–H groups in total. The first-order valence-corrected chi connectivity index (χ1v) is 11.0. The fourth-order valence-corrected chi connectivity index (χ4v) is 4.08. The normalized spacial score (nSPS) is 16.5. The molecule has 2 atom stereocenters. The molecule has 0 bridgehead atoms. The van der Waals surface area contributed by atoms with Crippen LogP contribution in [-0.2, 0) is 28.4 Å². The second kappa shape index (κ2) is 10.6. The zero-order valence-corrected chi connectivity index (χ0v) is 18.3. The van der Waals surface area contributed by atoms with Crippen molar-refractivity contribution < 1.29 is 19.4 Å². The van der Waals surface area contributed by atoms with Crippen LogP contribution in [0, 0.1) is 5.92 Å². The van der Waals surface area contributed by atoms with Gasteiger partial charge in [-0.25, -0.2) is 4.79 Å². The van der Waals surface area contributed by atoms with E-state index in [2.05, 4.69) is 19.1 Å². The third-order valence-corrected chi connectivity index (χ3v) is 5.80. The highest BCUT2D eigenvalue weighted by Crippen LogP contribution is 2.40. The molecule has 2 unspecified atom stereocenters. The Morgan fingerprint density at radius 1 is 1.27 bits per heavy atom. The summed E-state index contributed by atoms with van der Waals surface area (Å²) in [6, 6.07) is 11.8. The maximum absolute atomic E-state index is 12.5. The van der Waals surface area contributed by atoms with Crippen LogP contribution in [0.25, 0.3) is 6.08 Å². The molecule has 0 radical (unpaired) electrons. The lowest BCUT2D eigenvalue weighted by atomic mass is 9.88. The fourth-order valence-electron chi connectivity index (χ4n) is 3.88. The minimum atomic E-state index is -1.43. The van der Waals surface area contributed by atoms with Gasteiger partial charge < -0.3 is 14.6 Å². The molecule has 4 nitrogen and oxygen atoms in total. The first kappa shape index (κ1) is 22.4. The Morgan fingerprint density at radius 2 is 2.03 bits per heavy atom. The van der Waals surface area contributed by atoms with Crippen LogP contribution in [0.2, 0.25) is 0 Å². The van der Waals surface area contributed by atoms with Crippen molar-refractivity contribution in [3.05, 3.63) is 70.3 Å². The van der Waals surface area contributed by atoms with Crippen molar-refractivity contribution in [3.63, 3.8) is 0 Å². The van der Waals surface area contributed by atoms with Crippen LogP contribution in [0.3, 0.4) is 0 Å². The monoisotopic (exact) mass is 428 g/mol. The van der Waals surface area contributed by atoms with Crippen LogP contribution < -0.4 is 4.74 Å². The first-order chi connectivity index (χ1) is 14.6. The zero-order valence-electron chi connectivity index (χ0n) is 17.6. The van der Waals surface area contributed by atoms with Crippen molar-refractivity contribution in [1.82, 2.24) is 0 Å². The Morgan fingerprint density at radius 3 is 2.70 bits per heavy atom. The van der Waals surface area contributed by atoms with Gasteiger partial charge in [0, 0.05) is 11.1 Å². The van der Waals surface area contributed by atoms with Gasteiger partial charge in [-0.05, 0) is 42.4 Å². The molecule has 0 spiro atoms. The Bertz CT molecular complexity index is 892. The molecule has 0 heterocycles. The van der Waals surface area contributed by atoms with Gasteiger partial charge in [-0.3, -0.25) is 0 Å². The number of halogens is 1. The summed E-state index contributed by atoms with van der Waals surface area (Å²) in [7, 11) is 0. The lowest BCUT2D eigenvalue weighted by molar-refractivity contribution is -0.153. The number of rotatable bonds is 8. The number of allylic oxidation sites excluding steroid dienone is 1. The minimum Gasteiger partial charge on any atom is -0.488 e. The highest BCUT2D eigenvalue weighted by Gasteiger charge is 2.30. The van der Waals surface area contributed by atoms with Gasteiger partial charge >= 0.3 is 5.97 Å². The molecule has 0 aliphatic heterocycles. The maximum Gasteiger partial charge on any atom is 0.339 e. The molecule has 0 saturated carbocycles. The van der Waals surface area contributed by atoms with Crippen molar-refractivity contribution in [1.29, 1.82) is 0 Å². The van der Waals surface area contributed by atoms with Gasteiger partial charge in [0.15, 0.2) is 6.10 Å². The van der Waals surface area contributed by atoms with Gasteiger partial charge in [-0.2, -0.15) is 0 Å². The van der Waals surface area contributed by atoms with E-state index in [1.165, 1.54) is 0 Å². The Labute approximate surface area is 183 Å². The number of aliphatic hydroxyl groups excluding tert-OH is 1. The van der Waals surface area contributed by atoms with Crippen LogP contribution in [0.1, 0.15) is 60.6 Å². The molecular weight excluding hydrogens is 400 g/mol. The molecule has 1 aliphatic carbocycles. The van der Waals surface area contributed by atoms with Crippen LogP contribution in [-0.4, -0.2) is 17.7 Å². The molecule has 5 heteroatoms. The predicted molar refractivity (Wildman–Crippen MR) is 120 cm³/mol. The van der Waals surface area contributed by atoms with Crippen LogP contribution >= 0.6 is 11.6 Å². The maximum atomic E-state index is 12.5.